The molecule has 0 aliphatic carbocycles. The van der Waals surface area contributed by atoms with Crippen molar-refractivity contribution < 1.29 is 9.53 Å². The van der Waals surface area contributed by atoms with Gasteiger partial charge in [0.25, 0.3) is 0 Å². The summed E-state index contributed by atoms with van der Waals surface area (Å²) in [6.07, 6.45) is 1.21. The predicted molar refractivity (Wildman–Crippen MR) is 84.1 cm³/mol. The zero-order valence-corrected chi connectivity index (χ0v) is 13.3. The van der Waals surface area contributed by atoms with Gasteiger partial charge in [-0.1, -0.05) is 37.6 Å². The van der Waals surface area contributed by atoms with Crippen LogP contribution in [0.4, 0.5) is 0 Å². The number of hydrogen-bond donors (Lipinski definition) is 2. The number of rotatable bonds is 5. The van der Waals surface area contributed by atoms with Crippen molar-refractivity contribution in [3.8, 4) is 0 Å². The highest BCUT2D eigenvalue weighted by Crippen LogP contribution is 2.25. The maximum atomic E-state index is 12.4. The van der Waals surface area contributed by atoms with Crippen molar-refractivity contribution in [3.05, 3.63) is 34.9 Å². The lowest BCUT2D eigenvalue weighted by molar-refractivity contribution is -0.133. The van der Waals surface area contributed by atoms with Crippen molar-refractivity contribution in [1.82, 2.24) is 5.32 Å². The van der Waals surface area contributed by atoms with Gasteiger partial charge in [0, 0.05) is 11.6 Å². The fraction of sp³-hybridized carbons (Fsp3) is 0.562. The molecule has 2 rings (SSSR count). The molecular weight excluding hydrogens is 288 g/mol. The standard InChI is InChI=1S/C16H23ClN2O2/c1-10(2)15(11-3-5-12(17)6-4-11)19-16(20)14-8-7-13(9-18)21-14/h3-6,10,13-15H,7-9,18H2,1-2H3,(H,19,20)/t13-,14+,15?/m1/s1. The summed E-state index contributed by atoms with van der Waals surface area (Å²) >= 11 is 5.92. The average Bonchev–Trinajstić information content (AvgIpc) is 2.94. The Morgan fingerprint density at radius 3 is 2.57 bits per heavy atom. The third kappa shape index (κ3) is 4.19. The summed E-state index contributed by atoms with van der Waals surface area (Å²) < 4.78 is 5.65. The van der Waals surface area contributed by atoms with Gasteiger partial charge in [-0.15, -0.1) is 0 Å². The lowest BCUT2D eigenvalue weighted by Crippen LogP contribution is -2.39. The van der Waals surface area contributed by atoms with E-state index in [1.807, 2.05) is 24.3 Å². The Kier molecular flexibility index (Phi) is 5.62. The van der Waals surface area contributed by atoms with E-state index in [0.29, 0.717) is 11.6 Å². The summed E-state index contributed by atoms with van der Waals surface area (Å²) in [5.74, 6) is 0.224. The molecule has 3 atom stereocenters. The molecule has 1 fully saturated rings. The number of halogens is 1. The zero-order valence-electron chi connectivity index (χ0n) is 12.5. The lowest BCUT2D eigenvalue weighted by Gasteiger charge is -2.24. The highest BCUT2D eigenvalue weighted by atomic mass is 35.5. The van der Waals surface area contributed by atoms with Crippen LogP contribution in [0.5, 0.6) is 0 Å². The van der Waals surface area contributed by atoms with Crippen LogP contribution < -0.4 is 11.1 Å². The number of nitrogens with one attached hydrogen (secondary N) is 1. The largest absolute Gasteiger partial charge is 0.364 e. The molecular formula is C16H23ClN2O2. The van der Waals surface area contributed by atoms with Gasteiger partial charge in [0.05, 0.1) is 12.1 Å². The number of benzene rings is 1. The smallest absolute Gasteiger partial charge is 0.249 e. The van der Waals surface area contributed by atoms with Gasteiger partial charge in [-0.05, 0) is 36.5 Å². The molecule has 1 aromatic rings. The van der Waals surface area contributed by atoms with Crippen LogP contribution in [0, 0.1) is 5.92 Å². The highest BCUT2D eigenvalue weighted by Gasteiger charge is 2.31. The molecule has 3 N–H and O–H groups in total. The molecule has 5 heteroatoms. The highest BCUT2D eigenvalue weighted by molar-refractivity contribution is 6.30. The van der Waals surface area contributed by atoms with E-state index in [9.17, 15) is 4.79 Å². The third-order valence-corrected chi connectivity index (χ3v) is 4.11. The molecule has 0 spiro atoms. The van der Waals surface area contributed by atoms with Gasteiger partial charge in [-0.2, -0.15) is 0 Å². The molecule has 0 aromatic heterocycles. The number of carbonyl (C=O) groups excluding carboxylic acids is 1. The molecule has 1 heterocycles. The zero-order chi connectivity index (χ0) is 15.4. The minimum Gasteiger partial charge on any atom is -0.364 e. The molecule has 0 saturated carbocycles. The Labute approximate surface area is 131 Å². The van der Waals surface area contributed by atoms with Crippen molar-refractivity contribution in [3.63, 3.8) is 0 Å². The van der Waals surface area contributed by atoms with Crippen LogP contribution in [0.15, 0.2) is 24.3 Å². The first-order valence-electron chi connectivity index (χ1n) is 7.42. The average molecular weight is 311 g/mol. The normalized spacial score (nSPS) is 23.3. The number of carbonyl (C=O) groups is 1. The van der Waals surface area contributed by atoms with Crippen molar-refractivity contribution in [2.24, 2.45) is 11.7 Å². The Morgan fingerprint density at radius 1 is 1.38 bits per heavy atom. The molecule has 0 bridgehead atoms. The summed E-state index contributed by atoms with van der Waals surface area (Å²) in [5.41, 5.74) is 6.63. The summed E-state index contributed by atoms with van der Waals surface area (Å²) in [4.78, 5) is 12.4. The van der Waals surface area contributed by atoms with Gasteiger partial charge in [-0.3, -0.25) is 4.79 Å². The summed E-state index contributed by atoms with van der Waals surface area (Å²) in [5, 5.41) is 3.78. The van der Waals surface area contributed by atoms with Crippen LogP contribution in [0.1, 0.15) is 38.3 Å². The maximum absolute atomic E-state index is 12.4. The minimum atomic E-state index is -0.382. The Bertz CT molecular complexity index is 476. The fourth-order valence-corrected chi connectivity index (χ4v) is 2.75. The first-order valence-corrected chi connectivity index (χ1v) is 7.80. The molecule has 1 aliphatic rings. The van der Waals surface area contributed by atoms with Gasteiger partial charge in [0.2, 0.25) is 5.91 Å². The van der Waals surface area contributed by atoms with Crippen LogP contribution in [-0.2, 0) is 9.53 Å². The van der Waals surface area contributed by atoms with Gasteiger partial charge in [-0.25, -0.2) is 0 Å². The van der Waals surface area contributed by atoms with Gasteiger partial charge in [0.1, 0.15) is 6.10 Å². The predicted octanol–water partition coefficient (Wildman–Crippen LogP) is 2.66. The van der Waals surface area contributed by atoms with Gasteiger partial charge < -0.3 is 15.8 Å². The van der Waals surface area contributed by atoms with Crippen molar-refractivity contribution in [2.75, 3.05) is 6.54 Å². The second-order valence-corrected chi connectivity index (χ2v) is 6.28. The van der Waals surface area contributed by atoms with E-state index in [1.165, 1.54) is 0 Å². The molecule has 1 saturated heterocycles. The van der Waals surface area contributed by atoms with E-state index in [1.54, 1.807) is 0 Å². The quantitative estimate of drug-likeness (QED) is 0.879. The van der Waals surface area contributed by atoms with Crippen LogP contribution in [0.25, 0.3) is 0 Å². The Hall–Kier alpha value is -1.10. The third-order valence-electron chi connectivity index (χ3n) is 3.86. The SMILES string of the molecule is CC(C)C(NC(=O)[C@@H]1CC[C@H](CN)O1)c1ccc(Cl)cc1. The first-order chi connectivity index (χ1) is 10.0. The van der Waals surface area contributed by atoms with E-state index in [2.05, 4.69) is 19.2 Å². The molecule has 1 aliphatic heterocycles. The lowest BCUT2D eigenvalue weighted by atomic mass is 9.95. The molecule has 0 radical (unpaired) electrons. The molecule has 4 nitrogen and oxygen atoms in total. The monoisotopic (exact) mass is 310 g/mol. The van der Waals surface area contributed by atoms with Crippen LogP contribution in [-0.4, -0.2) is 24.7 Å². The second kappa shape index (κ2) is 7.25. The summed E-state index contributed by atoms with van der Waals surface area (Å²) in [6.45, 7) is 4.63. The van der Waals surface area contributed by atoms with E-state index >= 15 is 0 Å². The first kappa shape index (κ1) is 16.3. The molecule has 116 valence electrons. The molecule has 1 unspecified atom stereocenters. The molecule has 21 heavy (non-hydrogen) atoms. The van der Waals surface area contributed by atoms with E-state index in [4.69, 9.17) is 22.1 Å². The minimum absolute atomic E-state index is 0.00813. The van der Waals surface area contributed by atoms with Crippen LogP contribution in [0.2, 0.25) is 5.02 Å². The summed E-state index contributed by atoms with van der Waals surface area (Å²) in [7, 11) is 0. The number of hydrogen-bond acceptors (Lipinski definition) is 3. The van der Waals surface area contributed by atoms with Crippen molar-refractivity contribution in [2.45, 2.75) is 44.9 Å². The fourth-order valence-electron chi connectivity index (χ4n) is 2.62. The second-order valence-electron chi connectivity index (χ2n) is 5.84. The summed E-state index contributed by atoms with van der Waals surface area (Å²) in [6, 6.07) is 7.54. The molecule has 1 amide bonds. The van der Waals surface area contributed by atoms with Crippen molar-refractivity contribution >= 4 is 17.5 Å². The van der Waals surface area contributed by atoms with Crippen molar-refractivity contribution in [1.29, 1.82) is 0 Å². The number of amides is 1. The van der Waals surface area contributed by atoms with E-state index in [0.717, 1.165) is 18.4 Å². The number of nitrogens with two attached hydrogens (primary N) is 1. The van der Waals surface area contributed by atoms with Crippen LogP contribution >= 0.6 is 11.6 Å². The maximum Gasteiger partial charge on any atom is 0.249 e. The van der Waals surface area contributed by atoms with E-state index in [-0.39, 0.29) is 30.1 Å². The topological polar surface area (TPSA) is 64.4 Å². The Morgan fingerprint density at radius 2 is 2.05 bits per heavy atom. The van der Waals surface area contributed by atoms with E-state index < -0.39 is 0 Å². The van der Waals surface area contributed by atoms with Crippen LogP contribution in [0.3, 0.4) is 0 Å². The number of ether oxygens (including phenoxy) is 1. The Balaban J connectivity index is 2.03. The molecule has 1 aromatic carbocycles. The van der Waals surface area contributed by atoms with Gasteiger partial charge in [0.15, 0.2) is 0 Å². The van der Waals surface area contributed by atoms with Gasteiger partial charge >= 0.3 is 0 Å².